The zero-order valence-corrected chi connectivity index (χ0v) is 20.2. The number of H-pyrrole nitrogens is 1. The summed E-state index contributed by atoms with van der Waals surface area (Å²) in [6.07, 6.45) is 1.14. The van der Waals surface area contributed by atoms with Gasteiger partial charge >= 0.3 is 7.60 Å². The fourth-order valence-corrected chi connectivity index (χ4v) is 4.83. The van der Waals surface area contributed by atoms with E-state index in [1.54, 1.807) is 28.8 Å². The van der Waals surface area contributed by atoms with Crippen LogP contribution in [-0.4, -0.2) is 49.9 Å². The van der Waals surface area contributed by atoms with Crippen molar-refractivity contribution in [2.75, 3.05) is 31.0 Å². The van der Waals surface area contributed by atoms with Crippen LogP contribution >= 0.6 is 31.0 Å². The van der Waals surface area contributed by atoms with Gasteiger partial charge in [-0.2, -0.15) is 4.98 Å². The van der Waals surface area contributed by atoms with Gasteiger partial charge in [-0.15, -0.1) is 0 Å². The van der Waals surface area contributed by atoms with E-state index in [1.165, 1.54) is 13.3 Å². The van der Waals surface area contributed by atoms with Crippen LogP contribution in [-0.2, 0) is 36.3 Å². The minimum absolute atomic E-state index is 0.0131. The van der Waals surface area contributed by atoms with Gasteiger partial charge in [0.15, 0.2) is 16.3 Å². The summed E-state index contributed by atoms with van der Waals surface area (Å²) in [7, 11) is -3.64. The summed E-state index contributed by atoms with van der Waals surface area (Å²) in [6, 6.07) is 6.96. The molecule has 0 aliphatic heterocycles. The van der Waals surface area contributed by atoms with E-state index in [9.17, 15) is 14.2 Å². The van der Waals surface area contributed by atoms with Crippen molar-refractivity contribution in [3.63, 3.8) is 0 Å². The van der Waals surface area contributed by atoms with Gasteiger partial charge in [-0.1, -0.05) is 35.5 Å². The molecule has 3 aromatic rings. The van der Waals surface area contributed by atoms with Crippen LogP contribution in [0.3, 0.4) is 0 Å². The van der Waals surface area contributed by atoms with E-state index in [1.807, 2.05) is 0 Å². The molecule has 14 heteroatoms. The Morgan fingerprint density at radius 1 is 1.33 bits per heavy atom. The molecule has 3 N–H and O–H groups in total. The van der Waals surface area contributed by atoms with Crippen molar-refractivity contribution in [2.24, 2.45) is 0 Å². The number of carbonyl (C=O) groups excluding carboxylic acids is 1. The lowest BCUT2D eigenvalue weighted by atomic mass is 10.2. The third-order valence-corrected chi connectivity index (χ3v) is 6.82. The quantitative estimate of drug-likeness (QED) is 0.272. The van der Waals surface area contributed by atoms with Crippen molar-refractivity contribution in [1.29, 1.82) is 0 Å². The van der Waals surface area contributed by atoms with Crippen LogP contribution in [0.15, 0.2) is 35.4 Å². The van der Waals surface area contributed by atoms with Crippen molar-refractivity contribution >= 4 is 53.2 Å². The zero-order valence-electron chi connectivity index (χ0n) is 17.7. The molecule has 178 valence electrons. The van der Waals surface area contributed by atoms with Gasteiger partial charge in [0.05, 0.1) is 26.1 Å². The van der Waals surface area contributed by atoms with Gasteiger partial charge in [0.2, 0.25) is 5.95 Å². The number of nitrogens with two attached hydrogens (primary N) is 1. The van der Waals surface area contributed by atoms with Crippen LogP contribution < -0.4 is 11.3 Å². The van der Waals surface area contributed by atoms with Gasteiger partial charge in [-0.25, -0.2) is 4.98 Å². The number of fused-ring (bicyclic) bond motifs is 1. The molecule has 2 aromatic heterocycles. The van der Waals surface area contributed by atoms with Crippen LogP contribution in [0.4, 0.5) is 5.95 Å². The number of rotatable bonds is 12. The molecule has 11 nitrogen and oxygen atoms in total. The normalized spacial score (nSPS) is 13.3. The first-order valence-electron chi connectivity index (χ1n) is 9.80. The molecule has 0 radical (unpaired) electrons. The van der Waals surface area contributed by atoms with Crippen LogP contribution in [0, 0.1) is 0 Å². The van der Waals surface area contributed by atoms with Crippen LogP contribution in [0.5, 0.6) is 0 Å². The fraction of sp³-hybridized carbons (Fsp3) is 0.368. The number of nitrogen functional groups attached to an aromatic ring is 1. The maximum absolute atomic E-state index is 13.2. The molecule has 0 saturated heterocycles. The van der Waals surface area contributed by atoms with Gasteiger partial charge in [0.25, 0.3) is 5.56 Å². The second-order valence-corrected chi connectivity index (χ2v) is 10.5. The second kappa shape index (κ2) is 11.8. The summed E-state index contributed by atoms with van der Waals surface area (Å²) >= 11 is 7.05. The molecule has 0 aliphatic carbocycles. The van der Waals surface area contributed by atoms with E-state index < -0.39 is 13.2 Å². The number of nitrogens with one attached hydrogen (secondary N) is 1. The van der Waals surface area contributed by atoms with Gasteiger partial charge in [0.1, 0.15) is 6.35 Å². The first-order valence-corrected chi connectivity index (χ1v) is 12.9. The number of aromatic nitrogens is 4. The predicted octanol–water partition coefficient (Wildman–Crippen LogP) is 3.04. The highest BCUT2D eigenvalue weighted by atomic mass is 35.5. The Hall–Kier alpha value is -2.21. The molecule has 0 bridgehead atoms. The third kappa shape index (κ3) is 7.66. The summed E-state index contributed by atoms with van der Waals surface area (Å²) in [6.45, 7) is 1.91. The summed E-state index contributed by atoms with van der Waals surface area (Å²) in [4.78, 5) is 33.4. The third-order valence-electron chi connectivity index (χ3n) is 4.21. The summed E-state index contributed by atoms with van der Waals surface area (Å²) < 4.78 is 31.4. The molecule has 0 amide bonds. The Morgan fingerprint density at radius 2 is 2.15 bits per heavy atom. The highest BCUT2D eigenvalue weighted by Gasteiger charge is 2.25. The van der Waals surface area contributed by atoms with E-state index in [0.717, 1.165) is 17.3 Å². The van der Waals surface area contributed by atoms with E-state index in [0.29, 0.717) is 16.4 Å². The smallest absolute Gasteiger partial charge is 0.356 e. The minimum Gasteiger partial charge on any atom is -0.369 e. The van der Waals surface area contributed by atoms with E-state index in [4.69, 9.17) is 31.1 Å². The minimum atomic E-state index is -3.64. The monoisotopic (exact) mass is 515 g/mol. The number of anilines is 1. The zero-order chi connectivity index (χ0) is 23.8. The highest BCUT2D eigenvalue weighted by molar-refractivity contribution is 8.13. The van der Waals surface area contributed by atoms with Gasteiger partial charge in [0, 0.05) is 24.2 Å². The Labute approximate surface area is 198 Å². The van der Waals surface area contributed by atoms with Crippen molar-refractivity contribution in [3.8, 4) is 0 Å². The fourth-order valence-electron chi connectivity index (χ4n) is 2.75. The van der Waals surface area contributed by atoms with Crippen molar-refractivity contribution in [1.82, 2.24) is 19.5 Å². The largest absolute Gasteiger partial charge is 0.369 e. The van der Waals surface area contributed by atoms with Gasteiger partial charge in [-0.3, -0.25) is 19.1 Å². The SMILES string of the molecule is CC(=O)SCCOP(=O)(COCCn1cnc2c(=O)[nH]c(N)nc21)OCc1cccc(Cl)c1. The molecule has 0 spiro atoms. The summed E-state index contributed by atoms with van der Waals surface area (Å²) in [5.41, 5.74) is 6.36. The molecule has 0 saturated carbocycles. The molecule has 1 atom stereocenters. The Bertz CT molecular complexity index is 1220. The first-order chi connectivity index (χ1) is 15.8. The summed E-state index contributed by atoms with van der Waals surface area (Å²) in [5, 5.41) is 0.465. The number of nitrogens with zero attached hydrogens (tertiary/aromatic N) is 3. The number of hydrogen-bond acceptors (Lipinski definition) is 10. The maximum Gasteiger partial charge on any atom is 0.356 e. The molecule has 1 unspecified atom stereocenters. The average Bonchev–Trinajstić information content (AvgIpc) is 3.16. The van der Waals surface area contributed by atoms with Crippen molar-refractivity contribution in [2.45, 2.75) is 20.1 Å². The lowest BCUT2D eigenvalue weighted by molar-refractivity contribution is -0.109. The molecular formula is C19H23ClN5O6PS. The van der Waals surface area contributed by atoms with Crippen LogP contribution in [0.1, 0.15) is 12.5 Å². The Balaban J connectivity index is 1.58. The first kappa shape index (κ1) is 25.4. The number of halogens is 1. The number of imidazole rings is 1. The van der Waals surface area contributed by atoms with E-state index in [2.05, 4.69) is 15.0 Å². The molecule has 1 aromatic carbocycles. The number of carbonyl (C=O) groups is 1. The molecule has 2 heterocycles. The lowest BCUT2D eigenvalue weighted by Gasteiger charge is -2.19. The Kier molecular flexibility index (Phi) is 9.07. The molecular weight excluding hydrogens is 493 g/mol. The molecule has 33 heavy (non-hydrogen) atoms. The maximum atomic E-state index is 13.2. The van der Waals surface area contributed by atoms with Gasteiger partial charge < -0.3 is 24.1 Å². The number of thioether (sulfide) groups is 1. The molecule has 0 fully saturated rings. The average molecular weight is 516 g/mol. The summed E-state index contributed by atoms with van der Waals surface area (Å²) in [5.74, 6) is 0.314. The predicted molar refractivity (Wildman–Crippen MR) is 126 cm³/mol. The van der Waals surface area contributed by atoms with Crippen molar-refractivity contribution < 1.29 is 23.1 Å². The lowest BCUT2D eigenvalue weighted by Crippen LogP contribution is -2.13. The molecule has 3 rings (SSSR count). The standard InChI is InChI=1S/C19H23ClN5O6PS/c1-13(26)33-8-7-30-32(28,31-10-14-3-2-4-15(20)9-14)12-29-6-5-25-11-22-16-17(25)23-19(21)24-18(16)27/h2-4,9,11H,5-8,10,12H2,1H3,(H3,21,23,24,27). The molecule has 0 aliphatic rings. The van der Waals surface area contributed by atoms with Crippen LogP contribution in [0.25, 0.3) is 11.2 Å². The number of aromatic amines is 1. The number of benzene rings is 1. The topological polar surface area (TPSA) is 151 Å². The van der Waals surface area contributed by atoms with E-state index in [-0.39, 0.29) is 49.3 Å². The number of hydrogen-bond donors (Lipinski definition) is 2. The van der Waals surface area contributed by atoms with Gasteiger partial charge in [-0.05, 0) is 17.7 Å². The van der Waals surface area contributed by atoms with E-state index >= 15 is 0 Å². The Morgan fingerprint density at radius 3 is 2.91 bits per heavy atom. The number of ether oxygens (including phenoxy) is 1. The second-order valence-electron chi connectivity index (χ2n) is 6.79. The highest BCUT2D eigenvalue weighted by Crippen LogP contribution is 2.49. The van der Waals surface area contributed by atoms with Crippen LogP contribution in [0.2, 0.25) is 5.02 Å². The van der Waals surface area contributed by atoms with Crippen molar-refractivity contribution in [3.05, 3.63) is 51.5 Å².